The highest BCUT2D eigenvalue weighted by Crippen LogP contribution is 2.44. The normalized spacial score (nSPS) is 24.8. The van der Waals surface area contributed by atoms with Crippen molar-refractivity contribution in [2.75, 3.05) is 12.4 Å². The standard InChI is InChI=1S/C20H22Cl2N4O2/c1-26-9-14-13(11-2-4-12(28)5-3-11)6-7-16(18(14)17(26)10-27)24-19-15(21)8-23-20(22)25-19/h6-8,10-12,17,28H,2-5,9H2,1H3,(H,23,24,25). The van der Waals surface area contributed by atoms with Crippen molar-refractivity contribution < 1.29 is 9.90 Å². The largest absolute Gasteiger partial charge is 0.393 e. The number of hydrogen-bond donors (Lipinski definition) is 2. The summed E-state index contributed by atoms with van der Waals surface area (Å²) in [5, 5.41) is 13.5. The molecule has 0 saturated heterocycles. The molecule has 0 spiro atoms. The van der Waals surface area contributed by atoms with Crippen molar-refractivity contribution in [1.29, 1.82) is 0 Å². The van der Waals surface area contributed by atoms with Crippen LogP contribution in [0.25, 0.3) is 0 Å². The van der Waals surface area contributed by atoms with Gasteiger partial charge >= 0.3 is 0 Å². The zero-order valence-corrected chi connectivity index (χ0v) is 17.0. The number of nitrogens with zero attached hydrogens (tertiary/aromatic N) is 3. The highest BCUT2D eigenvalue weighted by molar-refractivity contribution is 6.33. The third-order valence-electron chi connectivity index (χ3n) is 5.80. The van der Waals surface area contributed by atoms with E-state index in [9.17, 15) is 9.90 Å². The molecular weight excluding hydrogens is 399 g/mol. The van der Waals surface area contributed by atoms with Gasteiger partial charge in [0.15, 0.2) is 5.82 Å². The van der Waals surface area contributed by atoms with Gasteiger partial charge in [0, 0.05) is 17.8 Å². The number of halogens is 2. The summed E-state index contributed by atoms with van der Waals surface area (Å²) in [4.78, 5) is 21.9. The van der Waals surface area contributed by atoms with Gasteiger partial charge in [-0.15, -0.1) is 0 Å². The molecule has 28 heavy (non-hydrogen) atoms. The van der Waals surface area contributed by atoms with Crippen LogP contribution in [-0.4, -0.2) is 39.4 Å². The van der Waals surface area contributed by atoms with E-state index >= 15 is 0 Å². The lowest BCUT2D eigenvalue weighted by Gasteiger charge is -2.28. The second kappa shape index (κ2) is 7.95. The van der Waals surface area contributed by atoms with Gasteiger partial charge in [-0.25, -0.2) is 4.98 Å². The van der Waals surface area contributed by atoms with E-state index in [1.807, 2.05) is 18.0 Å². The fourth-order valence-corrected chi connectivity index (χ4v) is 4.65. The predicted octanol–water partition coefficient (Wildman–Crippen LogP) is 4.23. The lowest BCUT2D eigenvalue weighted by molar-refractivity contribution is -0.111. The van der Waals surface area contributed by atoms with Crippen LogP contribution in [0.3, 0.4) is 0 Å². The third-order valence-corrected chi connectivity index (χ3v) is 6.26. The Labute approximate surface area is 173 Å². The Morgan fingerprint density at radius 1 is 1.25 bits per heavy atom. The number of aldehydes is 1. The SMILES string of the molecule is CN1Cc2c(C3CCC(O)CC3)ccc(Nc3nc(Cl)ncc3Cl)c2C1C=O. The second-order valence-corrected chi connectivity index (χ2v) is 8.30. The van der Waals surface area contributed by atoms with E-state index in [-0.39, 0.29) is 17.4 Å². The van der Waals surface area contributed by atoms with Crippen LogP contribution >= 0.6 is 23.2 Å². The van der Waals surface area contributed by atoms with Crippen molar-refractivity contribution in [3.8, 4) is 0 Å². The van der Waals surface area contributed by atoms with E-state index in [2.05, 4.69) is 21.4 Å². The van der Waals surface area contributed by atoms with Crippen LogP contribution in [0.4, 0.5) is 11.5 Å². The number of benzene rings is 1. The van der Waals surface area contributed by atoms with E-state index < -0.39 is 0 Å². The zero-order chi connectivity index (χ0) is 19.8. The van der Waals surface area contributed by atoms with Crippen molar-refractivity contribution in [2.45, 2.75) is 50.3 Å². The van der Waals surface area contributed by atoms with Gasteiger partial charge < -0.3 is 15.2 Å². The maximum absolute atomic E-state index is 11.9. The number of rotatable bonds is 4. The van der Waals surface area contributed by atoms with E-state index in [1.165, 1.54) is 17.3 Å². The number of aromatic nitrogens is 2. The first-order chi connectivity index (χ1) is 13.5. The molecule has 1 aromatic heterocycles. The molecule has 0 bridgehead atoms. The predicted molar refractivity (Wildman–Crippen MR) is 109 cm³/mol. The van der Waals surface area contributed by atoms with Crippen molar-refractivity contribution in [1.82, 2.24) is 14.9 Å². The number of carbonyl (C=O) groups is 1. The first-order valence-electron chi connectivity index (χ1n) is 9.42. The van der Waals surface area contributed by atoms with Gasteiger partial charge in [-0.1, -0.05) is 17.7 Å². The van der Waals surface area contributed by atoms with Crippen molar-refractivity contribution in [3.05, 3.63) is 45.3 Å². The van der Waals surface area contributed by atoms with E-state index in [1.54, 1.807) is 0 Å². The van der Waals surface area contributed by atoms with Crippen molar-refractivity contribution >= 4 is 41.0 Å². The second-order valence-electron chi connectivity index (χ2n) is 7.56. The Balaban J connectivity index is 1.75. The molecule has 1 unspecified atom stereocenters. The molecule has 2 heterocycles. The number of carbonyl (C=O) groups excluding carboxylic acids is 1. The average Bonchev–Trinajstić information content (AvgIpc) is 3.02. The molecule has 0 amide bonds. The van der Waals surface area contributed by atoms with Crippen LogP contribution < -0.4 is 5.32 Å². The van der Waals surface area contributed by atoms with E-state index in [0.29, 0.717) is 23.3 Å². The highest BCUT2D eigenvalue weighted by atomic mass is 35.5. The number of anilines is 2. The summed E-state index contributed by atoms with van der Waals surface area (Å²) in [5.41, 5.74) is 4.22. The summed E-state index contributed by atoms with van der Waals surface area (Å²) < 4.78 is 0. The zero-order valence-electron chi connectivity index (χ0n) is 15.5. The van der Waals surface area contributed by atoms with Crippen LogP contribution in [0.2, 0.25) is 10.3 Å². The molecule has 0 radical (unpaired) electrons. The molecule has 8 heteroatoms. The molecule has 2 aliphatic rings. The Bertz CT molecular complexity index is 900. The molecular formula is C20H22Cl2N4O2. The molecule has 6 nitrogen and oxygen atoms in total. The Morgan fingerprint density at radius 2 is 2.00 bits per heavy atom. The molecule has 1 aromatic carbocycles. The lowest BCUT2D eigenvalue weighted by atomic mass is 9.80. The summed E-state index contributed by atoms with van der Waals surface area (Å²) >= 11 is 12.1. The maximum Gasteiger partial charge on any atom is 0.224 e. The topological polar surface area (TPSA) is 78.3 Å². The summed E-state index contributed by atoms with van der Waals surface area (Å²) in [7, 11) is 1.95. The fraction of sp³-hybridized carbons (Fsp3) is 0.450. The smallest absolute Gasteiger partial charge is 0.224 e. The molecule has 148 valence electrons. The average molecular weight is 421 g/mol. The first kappa shape index (κ1) is 19.6. The molecule has 1 atom stereocenters. The molecule has 1 saturated carbocycles. The lowest BCUT2D eigenvalue weighted by Crippen LogP contribution is -2.18. The van der Waals surface area contributed by atoms with Gasteiger partial charge in [0.25, 0.3) is 0 Å². The number of aliphatic hydroxyl groups excluding tert-OH is 1. The number of fused-ring (bicyclic) bond motifs is 1. The summed E-state index contributed by atoms with van der Waals surface area (Å²) in [6.45, 7) is 0.709. The minimum Gasteiger partial charge on any atom is -0.393 e. The van der Waals surface area contributed by atoms with Crippen LogP contribution in [0.5, 0.6) is 0 Å². The van der Waals surface area contributed by atoms with E-state index in [4.69, 9.17) is 23.2 Å². The molecule has 1 aliphatic carbocycles. The van der Waals surface area contributed by atoms with Crippen LogP contribution in [0.1, 0.15) is 54.3 Å². The minimum atomic E-state index is -0.331. The number of likely N-dealkylation sites (N-methyl/N-ethyl adjacent to an activating group) is 1. The van der Waals surface area contributed by atoms with Gasteiger partial charge in [0.1, 0.15) is 11.3 Å². The number of nitrogens with one attached hydrogen (secondary N) is 1. The molecule has 2 N–H and O–H groups in total. The van der Waals surface area contributed by atoms with Crippen molar-refractivity contribution in [2.24, 2.45) is 0 Å². The highest BCUT2D eigenvalue weighted by Gasteiger charge is 2.34. The van der Waals surface area contributed by atoms with Gasteiger partial charge in [0.05, 0.1) is 18.3 Å². The summed E-state index contributed by atoms with van der Waals surface area (Å²) in [5.74, 6) is 0.818. The monoisotopic (exact) mass is 420 g/mol. The van der Waals surface area contributed by atoms with Gasteiger partial charge in [-0.05, 0) is 67.4 Å². The van der Waals surface area contributed by atoms with Gasteiger partial charge in [0.2, 0.25) is 5.28 Å². The van der Waals surface area contributed by atoms with Gasteiger partial charge in [-0.2, -0.15) is 4.98 Å². The Hall–Kier alpha value is -1.73. The van der Waals surface area contributed by atoms with E-state index in [0.717, 1.165) is 43.2 Å². The Morgan fingerprint density at radius 3 is 2.71 bits per heavy atom. The number of aliphatic hydroxyl groups is 1. The van der Waals surface area contributed by atoms with Crippen LogP contribution in [0, 0.1) is 0 Å². The molecule has 1 aliphatic heterocycles. The summed E-state index contributed by atoms with van der Waals surface area (Å²) in [6, 6.07) is 3.78. The minimum absolute atomic E-state index is 0.102. The molecule has 4 rings (SSSR count). The first-order valence-corrected chi connectivity index (χ1v) is 10.2. The van der Waals surface area contributed by atoms with Crippen LogP contribution in [-0.2, 0) is 11.3 Å². The Kier molecular flexibility index (Phi) is 5.56. The van der Waals surface area contributed by atoms with Crippen LogP contribution in [0.15, 0.2) is 18.3 Å². The maximum atomic E-state index is 11.9. The quantitative estimate of drug-likeness (QED) is 0.568. The third kappa shape index (κ3) is 3.62. The molecule has 2 aromatic rings. The van der Waals surface area contributed by atoms with Gasteiger partial charge in [-0.3, -0.25) is 4.90 Å². The summed E-state index contributed by atoms with van der Waals surface area (Å²) in [6.07, 6.45) is 5.79. The van der Waals surface area contributed by atoms with Crippen molar-refractivity contribution in [3.63, 3.8) is 0 Å². The fourth-order valence-electron chi connectivity index (χ4n) is 4.38. The number of hydrogen-bond acceptors (Lipinski definition) is 6. The molecule has 1 fully saturated rings.